The number of benzene rings is 2. The largest absolute Gasteiger partial charge is 0.254 e. The number of halogens is 1. The molecule has 0 aliphatic rings. The maximum Gasteiger partial charge on any atom is 0.0704 e. The van der Waals surface area contributed by atoms with Crippen LogP contribution >= 0.6 is 11.6 Å². The fourth-order valence-electron chi connectivity index (χ4n) is 1.68. The van der Waals surface area contributed by atoms with Gasteiger partial charge in [0.25, 0.3) is 0 Å². The highest BCUT2D eigenvalue weighted by molar-refractivity contribution is 7.85. The predicted molar refractivity (Wildman–Crippen MR) is 77.5 cm³/mol. The molecule has 2 atom stereocenters. The number of hydrogen-bond acceptors (Lipinski definition) is 1. The predicted octanol–water partition coefficient (Wildman–Crippen LogP) is 4.08. The van der Waals surface area contributed by atoms with Crippen molar-refractivity contribution in [1.82, 2.24) is 0 Å². The van der Waals surface area contributed by atoms with Gasteiger partial charge in [-0.2, -0.15) is 0 Å². The summed E-state index contributed by atoms with van der Waals surface area (Å²) in [6.07, 6.45) is 0. The molecule has 1 unspecified atom stereocenters. The first kappa shape index (κ1) is 13.3. The van der Waals surface area contributed by atoms with Crippen molar-refractivity contribution in [2.24, 2.45) is 0 Å². The molecule has 0 saturated heterocycles. The first-order valence-corrected chi connectivity index (χ1v) is 7.56. The molecule has 3 heteroatoms. The summed E-state index contributed by atoms with van der Waals surface area (Å²) in [5.41, 5.74) is 2.18. The minimum absolute atomic E-state index is 0.215. The molecule has 94 valence electrons. The standard InChI is InChI=1S/C15H15ClOS/c1-12-7-9-14(10-8-12)18(17)11-15(16)13-5-3-2-4-6-13/h2-10,15H,11H2,1H3/t15-,18?/m0/s1. The molecular formula is C15H15ClOS. The second kappa shape index (κ2) is 6.17. The monoisotopic (exact) mass is 278 g/mol. The van der Waals surface area contributed by atoms with Crippen LogP contribution in [-0.2, 0) is 10.8 Å². The van der Waals surface area contributed by atoms with Gasteiger partial charge in [0.1, 0.15) is 0 Å². The van der Waals surface area contributed by atoms with Crippen molar-refractivity contribution < 1.29 is 4.21 Å². The molecule has 2 aromatic rings. The van der Waals surface area contributed by atoms with Crippen molar-refractivity contribution in [3.8, 4) is 0 Å². The summed E-state index contributed by atoms with van der Waals surface area (Å²) in [5.74, 6) is 0.439. The lowest BCUT2D eigenvalue weighted by molar-refractivity contribution is 0.682. The Hall–Kier alpha value is -1.12. The highest BCUT2D eigenvalue weighted by Gasteiger charge is 2.13. The van der Waals surface area contributed by atoms with Crippen LogP contribution in [0.4, 0.5) is 0 Å². The number of hydrogen-bond donors (Lipinski definition) is 0. The van der Waals surface area contributed by atoms with E-state index in [0.717, 1.165) is 10.5 Å². The van der Waals surface area contributed by atoms with E-state index in [0.29, 0.717) is 5.75 Å². The van der Waals surface area contributed by atoms with Gasteiger partial charge in [-0.15, -0.1) is 11.6 Å². The van der Waals surface area contributed by atoms with Crippen molar-refractivity contribution in [2.75, 3.05) is 5.75 Å². The molecule has 0 fully saturated rings. The molecule has 0 spiro atoms. The molecule has 0 saturated carbocycles. The SMILES string of the molecule is Cc1ccc(S(=O)C[C@H](Cl)c2ccccc2)cc1. The van der Waals surface area contributed by atoms with Crippen LogP contribution in [0.3, 0.4) is 0 Å². The van der Waals surface area contributed by atoms with Crippen LogP contribution in [0, 0.1) is 6.92 Å². The zero-order valence-electron chi connectivity index (χ0n) is 10.2. The molecule has 2 rings (SSSR count). The van der Waals surface area contributed by atoms with Gasteiger partial charge in [-0.1, -0.05) is 48.0 Å². The highest BCUT2D eigenvalue weighted by Crippen LogP contribution is 2.23. The Morgan fingerprint density at radius 3 is 2.28 bits per heavy atom. The molecule has 0 aliphatic carbocycles. The van der Waals surface area contributed by atoms with Crippen LogP contribution in [0.5, 0.6) is 0 Å². The Kier molecular flexibility index (Phi) is 4.56. The number of rotatable bonds is 4. The summed E-state index contributed by atoms with van der Waals surface area (Å²) in [4.78, 5) is 0.835. The van der Waals surface area contributed by atoms with Gasteiger partial charge in [-0.25, -0.2) is 0 Å². The molecule has 2 aromatic carbocycles. The molecule has 1 nitrogen and oxygen atoms in total. The van der Waals surface area contributed by atoms with Crippen molar-refractivity contribution in [2.45, 2.75) is 17.2 Å². The number of aryl methyl sites for hydroxylation is 1. The third-order valence-corrected chi connectivity index (χ3v) is 4.77. The lowest BCUT2D eigenvalue weighted by atomic mass is 10.2. The Balaban J connectivity index is 2.06. The van der Waals surface area contributed by atoms with Crippen LogP contribution in [-0.4, -0.2) is 9.96 Å². The summed E-state index contributed by atoms with van der Waals surface area (Å²) in [5, 5.41) is -0.215. The second-order valence-corrected chi connectivity index (χ2v) is 6.23. The first-order chi connectivity index (χ1) is 8.66. The zero-order valence-corrected chi connectivity index (χ0v) is 11.7. The first-order valence-electron chi connectivity index (χ1n) is 5.81. The Morgan fingerprint density at radius 2 is 1.67 bits per heavy atom. The Labute approximate surface area is 115 Å². The minimum atomic E-state index is -1.05. The normalized spacial score (nSPS) is 14.1. The molecule has 0 bridgehead atoms. The average Bonchev–Trinajstić information content (AvgIpc) is 2.40. The minimum Gasteiger partial charge on any atom is -0.254 e. The van der Waals surface area contributed by atoms with E-state index in [4.69, 9.17) is 11.6 Å². The van der Waals surface area contributed by atoms with Crippen molar-refractivity contribution >= 4 is 22.4 Å². The van der Waals surface area contributed by atoms with E-state index in [1.165, 1.54) is 5.56 Å². The molecule has 0 aliphatic heterocycles. The average molecular weight is 279 g/mol. The van der Waals surface area contributed by atoms with E-state index < -0.39 is 10.8 Å². The molecule has 18 heavy (non-hydrogen) atoms. The van der Waals surface area contributed by atoms with Crippen LogP contribution in [0.2, 0.25) is 0 Å². The highest BCUT2D eigenvalue weighted by atomic mass is 35.5. The molecule has 0 aromatic heterocycles. The van der Waals surface area contributed by atoms with E-state index in [1.807, 2.05) is 61.5 Å². The summed E-state index contributed by atoms with van der Waals surface area (Å²) >= 11 is 6.29. The zero-order chi connectivity index (χ0) is 13.0. The number of alkyl halides is 1. The van der Waals surface area contributed by atoms with Gasteiger partial charge >= 0.3 is 0 Å². The summed E-state index contributed by atoms with van der Waals surface area (Å²) in [6.45, 7) is 2.01. The molecule has 0 radical (unpaired) electrons. The second-order valence-electron chi connectivity index (χ2n) is 4.20. The van der Waals surface area contributed by atoms with Crippen LogP contribution in [0.25, 0.3) is 0 Å². The summed E-state index contributed by atoms with van der Waals surface area (Å²) in [7, 11) is -1.05. The van der Waals surface area contributed by atoms with E-state index in [-0.39, 0.29) is 5.38 Å². The maximum absolute atomic E-state index is 12.2. The van der Waals surface area contributed by atoms with Gasteiger partial charge in [0.05, 0.1) is 16.2 Å². The van der Waals surface area contributed by atoms with Gasteiger partial charge in [0, 0.05) is 10.6 Å². The van der Waals surface area contributed by atoms with Gasteiger partial charge in [-0.05, 0) is 24.6 Å². The van der Waals surface area contributed by atoms with Gasteiger partial charge < -0.3 is 0 Å². The molecule has 0 heterocycles. The fraction of sp³-hybridized carbons (Fsp3) is 0.200. The van der Waals surface area contributed by atoms with Gasteiger partial charge in [0.2, 0.25) is 0 Å². The Morgan fingerprint density at radius 1 is 1.06 bits per heavy atom. The molecule has 0 N–H and O–H groups in total. The molecular weight excluding hydrogens is 264 g/mol. The van der Waals surface area contributed by atoms with E-state index in [1.54, 1.807) is 0 Å². The maximum atomic E-state index is 12.2. The third kappa shape index (κ3) is 3.44. The Bertz CT molecular complexity index is 522. The molecule has 0 amide bonds. The third-order valence-electron chi connectivity index (χ3n) is 2.74. The van der Waals surface area contributed by atoms with Crippen LogP contribution < -0.4 is 0 Å². The topological polar surface area (TPSA) is 17.1 Å². The van der Waals surface area contributed by atoms with E-state index in [2.05, 4.69) is 0 Å². The van der Waals surface area contributed by atoms with E-state index >= 15 is 0 Å². The van der Waals surface area contributed by atoms with Crippen molar-refractivity contribution in [3.05, 3.63) is 65.7 Å². The van der Waals surface area contributed by atoms with Crippen molar-refractivity contribution in [3.63, 3.8) is 0 Å². The van der Waals surface area contributed by atoms with Gasteiger partial charge in [-0.3, -0.25) is 4.21 Å². The quantitative estimate of drug-likeness (QED) is 0.770. The lowest BCUT2D eigenvalue weighted by Crippen LogP contribution is -2.04. The van der Waals surface area contributed by atoms with Gasteiger partial charge in [0.15, 0.2) is 0 Å². The lowest BCUT2D eigenvalue weighted by Gasteiger charge is -2.09. The van der Waals surface area contributed by atoms with E-state index in [9.17, 15) is 4.21 Å². The smallest absolute Gasteiger partial charge is 0.0704 e. The van der Waals surface area contributed by atoms with Crippen LogP contribution in [0.1, 0.15) is 16.5 Å². The van der Waals surface area contributed by atoms with Crippen molar-refractivity contribution in [1.29, 1.82) is 0 Å². The summed E-state index contributed by atoms with van der Waals surface area (Å²) in [6, 6.07) is 17.5. The van der Waals surface area contributed by atoms with Crippen LogP contribution in [0.15, 0.2) is 59.5 Å². The summed E-state index contributed by atoms with van der Waals surface area (Å²) < 4.78 is 12.2. The fourth-order valence-corrected chi connectivity index (χ4v) is 3.26.